The minimum absolute atomic E-state index is 0.0180. The Balaban J connectivity index is 1.94. The number of anilines is 1. The summed E-state index contributed by atoms with van der Waals surface area (Å²) >= 11 is 1.25. The Kier molecular flexibility index (Phi) is 3.18. The molecule has 1 N–H and O–H groups in total. The minimum Gasteiger partial charge on any atom is -0.288 e. The van der Waals surface area contributed by atoms with E-state index in [0.717, 1.165) is 0 Å². The van der Waals surface area contributed by atoms with E-state index in [0.29, 0.717) is 24.7 Å². The van der Waals surface area contributed by atoms with E-state index in [1.54, 1.807) is 0 Å². The topological polar surface area (TPSA) is 91.8 Å². The summed E-state index contributed by atoms with van der Waals surface area (Å²) in [5.41, 5.74) is 0. The molecule has 1 aliphatic rings. The van der Waals surface area contributed by atoms with Gasteiger partial charge in [-0.15, -0.1) is 5.10 Å². The molecule has 16 heavy (non-hydrogen) atoms. The first-order valence-corrected chi connectivity index (χ1v) is 5.82. The number of carbonyl (C=O) groups is 2. The van der Waals surface area contributed by atoms with Crippen LogP contribution in [0.5, 0.6) is 0 Å². The lowest BCUT2D eigenvalue weighted by Gasteiger charge is -2.10. The first-order valence-electron chi connectivity index (χ1n) is 4.84. The maximum atomic E-state index is 11.6. The second kappa shape index (κ2) is 4.60. The number of amides is 1. The Morgan fingerprint density at radius 2 is 2.50 bits per heavy atom. The molecular weight excluding hydrogens is 230 g/mol. The van der Waals surface area contributed by atoms with Crippen molar-refractivity contribution in [3.05, 3.63) is 0 Å². The Morgan fingerprint density at radius 3 is 3.12 bits per heavy atom. The molecule has 0 aromatic carbocycles. The summed E-state index contributed by atoms with van der Waals surface area (Å²) in [7, 11) is 0. The molecule has 0 aliphatic carbocycles. The number of H-pyrrole nitrogens is 1. The number of aromatic nitrogens is 4. The number of nitrogens with one attached hydrogen (secondary N) is 1. The van der Waals surface area contributed by atoms with Gasteiger partial charge >= 0.3 is 0 Å². The van der Waals surface area contributed by atoms with E-state index in [9.17, 15) is 9.59 Å². The van der Waals surface area contributed by atoms with Crippen LogP contribution >= 0.6 is 11.8 Å². The highest BCUT2D eigenvalue weighted by Crippen LogP contribution is 2.24. The van der Waals surface area contributed by atoms with Gasteiger partial charge in [0.2, 0.25) is 5.91 Å². The average Bonchev–Trinajstić information content (AvgIpc) is 2.83. The van der Waals surface area contributed by atoms with Crippen LogP contribution in [-0.2, 0) is 9.59 Å². The van der Waals surface area contributed by atoms with Crippen molar-refractivity contribution in [2.45, 2.75) is 13.3 Å². The number of nitrogens with zero attached hydrogens (tertiary/aromatic N) is 4. The third-order valence-electron chi connectivity index (χ3n) is 2.30. The fourth-order valence-electron chi connectivity index (χ4n) is 1.59. The predicted molar refractivity (Wildman–Crippen MR) is 57.8 cm³/mol. The largest absolute Gasteiger partial charge is 0.288 e. The lowest BCUT2D eigenvalue weighted by Crippen LogP contribution is -2.26. The fraction of sp³-hybridized carbons (Fsp3) is 0.625. The molecule has 2 heterocycles. The van der Waals surface area contributed by atoms with Crippen LogP contribution in [0.2, 0.25) is 0 Å². The lowest BCUT2D eigenvalue weighted by atomic mass is 10.1. The highest BCUT2D eigenvalue weighted by Gasteiger charge is 2.32. The van der Waals surface area contributed by atoms with E-state index >= 15 is 0 Å². The molecule has 1 saturated heterocycles. The zero-order chi connectivity index (χ0) is 11.5. The number of hydrogen-bond acceptors (Lipinski definition) is 6. The first-order chi connectivity index (χ1) is 7.66. The van der Waals surface area contributed by atoms with Crippen LogP contribution in [0.15, 0.2) is 0 Å². The molecule has 1 fully saturated rings. The summed E-state index contributed by atoms with van der Waals surface area (Å²) in [6.45, 7) is 2.08. The molecule has 1 amide bonds. The van der Waals surface area contributed by atoms with E-state index in [1.807, 2.05) is 0 Å². The van der Waals surface area contributed by atoms with Gasteiger partial charge in [0.05, 0.1) is 0 Å². The molecule has 0 radical (unpaired) electrons. The molecule has 86 valence electrons. The van der Waals surface area contributed by atoms with Gasteiger partial charge in [-0.25, -0.2) is 0 Å². The van der Waals surface area contributed by atoms with Crippen LogP contribution < -0.4 is 4.90 Å². The van der Waals surface area contributed by atoms with Crippen LogP contribution in [0.1, 0.15) is 13.3 Å². The highest BCUT2D eigenvalue weighted by atomic mass is 32.2. The standard InChI is InChI=1S/C8H11N5O2S/c1-5(14)16-4-6-2-7(15)13(3-6)8-9-11-12-10-8/h6H,2-4H2,1H3,(H,9,10,11,12). The van der Waals surface area contributed by atoms with Crippen molar-refractivity contribution in [2.75, 3.05) is 17.2 Å². The van der Waals surface area contributed by atoms with Gasteiger partial charge in [0, 0.05) is 25.6 Å². The van der Waals surface area contributed by atoms with Gasteiger partial charge in [0.15, 0.2) is 5.12 Å². The van der Waals surface area contributed by atoms with Crippen molar-refractivity contribution in [3.63, 3.8) is 0 Å². The van der Waals surface area contributed by atoms with Gasteiger partial charge in [-0.3, -0.25) is 14.5 Å². The number of hydrogen-bond donors (Lipinski definition) is 1. The average molecular weight is 241 g/mol. The van der Waals surface area contributed by atoms with Crippen molar-refractivity contribution in [1.29, 1.82) is 0 Å². The Morgan fingerprint density at radius 1 is 1.69 bits per heavy atom. The monoisotopic (exact) mass is 241 g/mol. The van der Waals surface area contributed by atoms with Crippen molar-refractivity contribution < 1.29 is 9.59 Å². The number of thioether (sulfide) groups is 1. The van der Waals surface area contributed by atoms with Crippen LogP contribution in [0, 0.1) is 5.92 Å². The van der Waals surface area contributed by atoms with E-state index < -0.39 is 0 Å². The third-order valence-corrected chi connectivity index (χ3v) is 3.35. The van der Waals surface area contributed by atoms with E-state index in [2.05, 4.69) is 20.6 Å². The summed E-state index contributed by atoms with van der Waals surface area (Å²) in [5.74, 6) is 1.13. The van der Waals surface area contributed by atoms with Gasteiger partial charge in [-0.1, -0.05) is 16.9 Å². The number of tetrazole rings is 1. The van der Waals surface area contributed by atoms with Gasteiger partial charge < -0.3 is 0 Å². The van der Waals surface area contributed by atoms with Crippen molar-refractivity contribution in [3.8, 4) is 0 Å². The molecule has 1 unspecified atom stereocenters. The van der Waals surface area contributed by atoms with E-state index in [-0.39, 0.29) is 16.9 Å². The molecule has 8 heteroatoms. The van der Waals surface area contributed by atoms with Gasteiger partial charge in [-0.2, -0.15) is 5.21 Å². The number of aromatic amines is 1. The minimum atomic E-state index is -0.0180. The second-order valence-electron chi connectivity index (χ2n) is 3.59. The van der Waals surface area contributed by atoms with Crippen molar-refractivity contribution in [1.82, 2.24) is 20.6 Å². The normalized spacial score (nSPS) is 20.4. The summed E-state index contributed by atoms with van der Waals surface area (Å²) in [4.78, 5) is 23.9. The second-order valence-corrected chi connectivity index (χ2v) is 4.79. The Labute approximate surface area is 96.0 Å². The molecular formula is C8H11N5O2S. The molecule has 0 spiro atoms. The quantitative estimate of drug-likeness (QED) is 0.790. The maximum Gasteiger partial charge on any atom is 0.272 e. The summed E-state index contributed by atoms with van der Waals surface area (Å²) in [6, 6.07) is 0. The van der Waals surface area contributed by atoms with Crippen LogP contribution in [0.25, 0.3) is 0 Å². The van der Waals surface area contributed by atoms with E-state index in [1.165, 1.54) is 23.6 Å². The first kappa shape index (κ1) is 11.1. The molecule has 1 atom stereocenters. The van der Waals surface area contributed by atoms with Gasteiger partial charge in [-0.05, 0) is 11.1 Å². The Hall–Kier alpha value is -1.44. The fourth-order valence-corrected chi connectivity index (χ4v) is 2.29. The molecule has 1 aromatic heterocycles. The van der Waals surface area contributed by atoms with Gasteiger partial charge in [0.1, 0.15) is 0 Å². The van der Waals surface area contributed by atoms with Crippen molar-refractivity contribution in [2.24, 2.45) is 5.92 Å². The van der Waals surface area contributed by atoms with Crippen LogP contribution in [-0.4, -0.2) is 43.9 Å². The van der Waals surface area contributed by atoms with Crippen LogP contribution in [0.4, 0.5) is 5.95 Å². The summed E-state index contributed by atoms with van der Waals surface area (Å²) in [6.07, 6.45) is 0.439. The maximum absolute atomic E-state index is 11.6. The molecule has 1 aliphatic heterocycles. The van der Waals surface area contributed by atoms with Crippen molar-refractivity contribution >= 4 is 28.7 Å². The lowest BCUT2D eigenvalue weighted by molar-refractivity contribution is -0.117. The smallest absolute Gasteiger partial charge is 0.272 e. The number of rotatable bonds is 3. The molecule has 1 aromatic rings. The van der Waals surface area contributed by atoms with Crippen LogP contribution in [0.3, 0.4) is 0 Å². The third kappa shape index (κ3) is 2.38. The summed E-state index contributed by atoms with van der Waals surface area (Å²) in [5, 5.41) is 13.3. The van der Waals surface area contributed by atoms with Gasteiger partial charge in [0.25, 0.3) is 5.95 Å². The molecule has 2 rings (SSSR count). The zero-order valence-corrected chi connectivity index (χ0v) is 9.53. The number of carbonyl (C=O) groups excluding carboxylic acids is 2. The SMILES string of the molecule is CC(=O)SCC1CC(=O)N(c2nn[nH]n2)C1. The molecule has 7 nitrogen and oxygen atoms in total. The highest BCUT2D eigenvalue weighted by molar-refractivity contribution is 8.13. The molecule has 0 saturated carbocycles. The molecule has 0 bridgehead atoms. The Bertz CT molecular complexity index is 393. The predicted octanol–water partition coefficient (Wildman–Crippen LogP) is -0.168. The van der Waals surface area contributed by atoms with E-state index in [4.69, 9.17) is 0 Å². The zero-order valence-electron chi connectivity index (χ0n) is 8.71. The summed E-state index contributed by atoms with van der Waals surface area (Å²) < 4.78 is 0.